The molecule has 68 heavy (non-hydrogen) atoms. The summed E-state index contributed by atoms with van der Waals surface area (Å²) in [6, 6.07) is 13.3. The van der Waals surface area contributed by atoms with Gasteiger partial charge in [0.1, 0.15) is 0 Å². The molecule has 17 aliphatic rings. The van der Waals surface area contributed by atoms with E-state index in [2.05, 4.69) is 21.3 Å². The summed E-state index contributed by atoms with van der Waals surface area (Å²) in [6.45, 7) is 0. The zero-order valence-electron chi connectivity index (χ0n) is 41.9. The Morgan fingerprint density at radius 3 is 0.691 bits per heavy atom. The minimum absolute atomic E-state index is 0.584. The Morgan fingerprint density at radius 2 is 0.426 bits per heavy atom. The van der Waals surface area contributed by atoms with Gasteiger partial charge in [0.05, 0.1) is 0 Å². The lowest BCUT2D eigenvalue weighted by Gasteiger charge is -2.67. The predicted molar refractivity (Wildman–Crippen MR) is 269 cm³/mol. The van der Waals surface area contributed by atoms with Gasteiger partial charge in [-0.3, -0.25) is 0 Å². The molecule has 0 aromatic rings. The van der Waals surface area contributed by atoms with Crippen LogP contribution in [-0.4, -0.2) is 121 Å². The lowest BCUT2D eigenvalue weighted by atomic mass is 9.56. The lowest BCUT2D eigenvalue weighted by Crippen LogP contribution is -2.85. The Labute approximate surface area is 410 Å². The van der Waals surface area contributed by atoms with Crippen LogP contribution in [0.4, 0.5) is 0 Å². The summed E-state index contributed by atoms with van der Waals surface area (Å²) in [5.41, 5.74) is 0. The average Bonchev–Trinajstić information content (AvgIpc) is 4.19. The molecule has 32 unspecified atom stereocenters. The number of rotatable bonds is 0. The van der Waals surface area contributed by atoms with Crippen LogP contribution in [0.15, 0.2) is 0 Å². The normalized spacial score (nSPS) is 63.5. The minimum Gasteiger partial charge on any atom is -0.311 e. The molecule has 0 amide bonds. The largest absolute Gasteiger partial charge is 0.311 e. The molecule has 0 aromatic heterocycles. The molecule has 16 bridgehead atoms. The van der Waals surface area contributed by atoms with E-state index in [9.17, 15) is 0 Å². The number of fused-ring (bicyclic) bond motifs is 18. The molecule has 17 rings (SSSR count). The molecule has 10 nitrogen and oxygen atoms in total. The van der Waals surface area contributed by atoms with Crippen molar-refractivity contribution in [1.82, 2.24) is 53.2 Å². The molecule has 0 spiro atoms. The molecule has 6 saturated carbocycles. The van der Waals surface area contributed by atoms with E-state index in [0.29, 0.717) is 96.2 Å². The van der Waals surface area contributed by atoms with Gasteiger partial charge in [-0.25, -0.2) is 0 Å². The van der Waals surface area contributed by atoms with E-state index in [1.54, 1.807) is 0 Å². The maximum Gasteiger partial charge on any atom is 0.0271 e. The SMILES string of the molecule is C1CC2CC3CC4CC5CCCC(C6CCC7C(N6)C6NC(CCC6C6NC8C9CCC%10NC9C9NC(CCC9C8NC76)C6CCCC7CC(CC8CC9CCCC%10C9N8)NC76)C(C1)C2N3)C5N4. The Kier molecular flexibility index (Phi) is 10.4. The average molecular weight is 931 g/mol. The second-order valence-corrected chi connectivity index (χ2v) is 29.0. The van der Waals surface area contributed by atoms with Gasteiger partial charge in [0, 0.05) is 121 Å². The van der Waals surface area contributed by atoms with Crippen LogP contribution in [0.5, 0.6) is 0 Å². The van der Waals surface area contributed by atoms with Crippen molar-refractivity contribution in [3.8, 4) is 0 Å². The lowest BCUT2D eigenvalue weighted by molar-refractivity contribution is -0.0772. The molecule has 11 heterocycles. The first kappa shape index (κ1) is 42.9. The van der Waals surface area contributed by atoms with Crippen molar-refractivity contribution in [3.05, 3.63) is 0 Å². The van der Waals surface area contributed by atoms with Gasteiger partial charge in [0.2, 0.25) is 0 Å². The second kappa shape index (κ2) is 16.5. The van der Waals surface area contributed by atoms with E-state index in [0.717, 1.165) is 95.7 Å². The van der Waals surface area contributed by atoms with Crippen molar-refractivity contribution in [2.24, 2.45) is 71.0 Å². The Morgan fingerprint density at radius 1 is 0.176 bits per heavy atom. The highest BCUT2D eigenvalue weighted by Crippen LogP contribution is 2.53. The number of nitrogens with one attached hydrogen (secondary N) is 10. The van der Waals surface area contributed by atoms with Crippen molar-refractivity contribution in [2.45, 2.75) is 288 Å². The quantitative estimate of drug-likeness (QED) is 0.162. The molecule has 32 atom stereocenters. The molecular formula is C58H94N10. The molecule has 17 fully saturated rings. The van der Waals surface area contributed by atoms with Crippen molar-refractivity contribution >= 4 is 0 Å². The third-order valence-corrected chi connectivity index (χ3v) is 26.5. The fourth-order valence-electron chi connectivity index (χ4n) is 24.3. The molecule has 11 saturated heterocycles. The standard InChI is InChI=1S/C58H94N10/c1-5-27-21-31-25-32-22-28-6-2-10-36(48(28)60-32)44-18-14-40-52(64-44)51-39(13-17-43(63-51)35(9-1)47(27)59-31)55-56(40)68-58-42-16-20-46-38-12-4-8-30-24-34(62-50(30)38)26-33-23-29-7-3-11-37(49(29)61-33)45-19-15-41(57(58)67-55)53(65-45)54(42)66-46/h27-68H,1-26H2. The van der Waals surface area contributed by atoms with Gasteiger partial charge in [0.25, 0.3) is 0 Å². The first-order valence-corrected chi connectivity index (χ1v) is 31.2. The van der Waals surface area contributed by atoms with E-state index in [1.807, 2.05) is 0 Å². The molecule has 6 aliphatic carbocycles. The predicted octanol–water partition coefficient (Wildman–Crippen LogP) is 5.02. The molecule has 10 heteroatoms. The van der Waals surface area contributed by atoms with Crippen LogP contribution < -0.4 is 53.2 Å². The van der Waals surface area contributed by atoms with E-state index >= 15 is 0 Å². The number of hydrogen-bond donors (Lipinski definition) is 10. The topological polar surface area (TPSA) is 120 Å². The van der Waals surface area contributed by atoms with E-state index in [4.69, 9.17) is 31.9 Å². The van der Waals surface area contributed by atoms with E-state index in [-0.39, 0.29) is 0 Å². The van der Waals surface area contributed by atoms with E-state index < -0.39 is 0 Å². The summed E-state index contributed by atoms with van der Waals surface area (Å²) in [6.07, 6.45) is 37.2. The molecule has 0 radical (unpaired) electrons. The van der Waals surface area contributed by atoms with Crippen LogP contribution in [-0.2, 0) is 0 Å². The highest BCUT2D eigenvalue weighted by atomic mass is 15.3. The fraction of sp³-hybridized carbons (Fsp3) is 1.00. The van der Waals surface area contributed by atoms with Crippen molar-refractivity contribution in [1.29, 1.82) is 0 Å². The van der Waals surface area contributed by atoms with Gasteiger partial charge in [-0.1, -0.05) is 25.7 Å². The second-order valence-electron chi connectivity index (χ2n) is 29.0. The minimum atomic E-state index is 0.584. The number of piperazine rings is 1. The highest BCUT2D eigenvalue weighted by molar-refractivity contribution is 5.24. The summed E-state index contributed by atoms with van der Waals surface area (Å²) < 4.78 is 0. The van der Waals surface area contributed by atoms with Gasteiger partial charge >= 0.3 is 0 Å². The van der Waals surface area contributed by atoms with Gasteiger partial charge < -0.3 is 53.2 Å². The first-order chi connectivity index (χ1) is 33.6. The van der Waals surface area contributed by atoms with Crippen LogP contribution in [0, 0.1) is 71.0 Å². The highest BCUT2D eigenvalue weighted by Gasteiger charge is 2.64. The Balaban J connectivity index is 0.711. The summed E-state index contributed by atoms with van der Waals surface area (Å²) in [5.74, 6) is 9.65. The van der Waals surface area contributed by atoms with Crippen LogP contribution in [0.1, 0.15) is 167 Å². The molecule has 11 aliphatic heterocycles. The fourth-order valence-corrected chi connectivity index (χ4v) is 24.3. The third kappa shape index (κ3) is 6.60. The monoisotopic (exact) mass is 931 g/mol. The summed E-state index contributed by atoms with van der Waals surface area (Å²) in [4.78, 5) is 0. The maximum atomic E-state index is 4.87. The van der Waals surface area contributed by atoms with Crippen molar-refractivity contribution in [3.63, 3.8) is 0 Å². The van der Waals surface area contributed by atoms with Gasteiger partial charge in [-0.15, -0.1) is 0 Å². The van der Waals surface area contributed by atoms with Crippen molar-refractivity contribution in [2.75, 3.05) is 0 Å². The van der Waals surface area contributed by atoms with Crippen LogP contribution in [0.2, 0.25) is 0 Å². The number of piperidine rings is 4. The molecule has 10 N–H and O–H groups in total. The van der Waals surface area contributed by atoms with Crippen molar-refractivity contribution < 1.29 is 0 Å². The molecular weight excluding hydrogens is 837 g/mol. The summed E-state index contributed by atoms with van der Waals surface area (Å²) in [5, 5.41) is 46.5. The summed E-state index contributed by atoms with van der Waals surface area (Å²) >= 11 is 0. The first-order valence-electron chi connectivity index (χ1n) is 31.2. The molecule has 376 valence electrons. The Hall–Kier alpha value is -0.400. The third-order valence-electron chi connectivity index (χ3n) is 26.5. The zero-order chi connectivity index (χ0) is 43.9. The smallest absolute Gasteiger partial charge is 0.0271 e. The van der Waals surface area contributed by atoms with Crippen LogP contribution >= 0.6 is 0 Å². The van der Waals surface area contributed by atoms with Gasteiger partial charge in [-0.2, -0.15) is 0 Å². The molecule has 0 aromatic carbocycles. The Bertz CT molecular complexity index is 1640. The zero-order valence-corrected chi connectivity index (χ0v) is 41.9. The van der Waals surface area contributed by atoms with Crippen LogP contribution in [0.3, 0.4) is 0 Å². The number of hydrogen-bond acceptors (Lipinski definition) is 10. The summed E-state index contributed by atoms with van der Waals surface area (Å²) in [7, 11) is 0. The maximum absolute atomic E-state index is 4.87. The van der Waals surface area contributed by atoms with Gasteiger partial charge in [0.15, 0.2) is 0 Å². The van der Waals surface area contributed by atoms with Crippen LogP contribution in [0.25, 0.3) is 0 Å². The van der Waals surface area contributed by atoms with E-state index in [1.165, 1.54) is 167 Å². The van der Waals surface area contributed by atoms with Gasteiger partial charge in [-0.05, 0) is 212 Å².